The van der Waals surface area contributed by atoms with Gasteiger partial charge in [0.05, 0.1) is 5.92 Å². The Morgan fingerprint density at radius 2 is 1.67 bits per heavy atom. The van der Waals surface area contributed by atoms with E-state index in [2.05, 4.69) is 20.9 Å². The van der Waals surface area contributed by atoms with Gasteiger partial charge in [-0.05, 0) is 60.0 Å². The number of pyridine rings is 1. The van der Waals surface area contributed by atoms with E-state index in [1.54, 1.807) is 49.6 Å². The fourth-order valence-electron chi connectivity index (χ4n) is 2.89. The van der Waals surface area contributed by atoms with Gasteiger partial charge in [0.2, 0.25) is 5.91 Å². The molecule has 0 aliphatic carbocycles. The minimum atomic E-state index is -0.471. The van der Waals surface area contributed by atoms with E-state index in [1.165, 1.54) is 12.1 Å². The van der Waals surface area contributed by atoms with Gasteiger partial charge in [-0.2, -0.15) is 0 Å². The van der Waals surface area contributed by atoms with Gasteiger partial charge in [-0.1, -0.05) is 24.3 Å². The van der Waals surface area contributed by atoms with Crippen molar-refractivity contribution in [2.45, 2.75) is 25.9 Å². The SMILES string of the molecule is CC(C(=O)NCc1cccc(NC(=O)NCc2ccncc2)c1)c1cccc(F)c1. The van der Waals surface area contributed by atoms with Crippen molar-refractivity contribution >= 4 is 17.6 Å². The maximum absolute atomic E-state index is 13.4. The molecule has 3 aromatic rings. The Balaban J connectivity index is 1.51. The smallest absolute Gasteiger partial charge is 0.319 e. The molecule has 0 aliphatic rings. The number of hydrogen-bond donors (Lipinski definition) is 3. The molecule has 30 heavy (non-hydrogen) atoms. The second-order valence-corrected chi connectivity index (χ2v) is 6.86. The molecule has 0 radical (unpaired) electrons. The van der Waals surface area contributed by atoms with Crippen LogP contribution in [0.2, 0.25) is 0 Å². The summed E-state index contributed by atoms with van der Waals surface area (Å²) in [5.41, 5.74) is 3.02. The monoisotopic (exact) mass is 406 g/mol. The lowest BCUT2D eigenvalue weighted by Crippen LogP contribution is -2.29. The van der Waals surface area contributed by atoms with Crippen LogP contribution in [-0.4, -0.2) is 16.9 Å². The van der Waals surface area contributed by atoms with Crippen molar-refractivity contribution in [2.24, 2.45) is 0 Å². The Morgan fingerprint density at radius 3 is 2.43 bits per heavy atom. The zero-order valence-electron chi connectivity index (χ0n) is 16.6. The molecule has 1 aromatic heterocycles. The molecule has 1 heterocycles. The zero-order valence-corrected chi connectivity index (χ0v) is 16.6. The fraction of sp³-hybridized carbons (Fsp3) is 0.174. The van der Waals surface area contributed by atoms with Crippen molar-refractivity contribution in [2.75, 3.05) is 5.32 Å². The van der Waals surface area contributed by atoms with Gasteiger partial charge in [-0.15, -0.1) is 0 Å². The van der Waals surface area contributed by atoms with Crippen LogP contribution in [0.15, 0.2) is 73.1 Å². The zero-order chi connectivity index (χ0) is 21.3. The molecule has 0 saturated heterocycles. The van der Waals surface area contributed by atoms with Crippen LogP contribution in [-0.2, 0) is 17.9 Å². The van der Waals surface area contributed by atoms with Crippen LogP contribution in [0.3, 0.4) is 0 Å². The van der Waals surface area contributed by atoms with E-state index in [0.717, 1.165) is 11.1 Å². The Kier molecular flexibility index (Phi) is 7.10. The van der Waals surface area contributed by atoms with Crippen LogP contribution in [0.1, 0.15) is 29.5 Å². The number of hydrogen-bond acceptors (Lipinski definition) is 3. The number of carbonyl (C=O) groups excluding carboxylic acids is 2. The van der Waals surface area contributed by atoms with Gasteiger partial charge in [0.15, 0.2) is 0 Å². The number of amides is 3. The number of anilines is 1. The first-order valence-corrected chi connectivity index (χ1v) is 9.57. The molecular formula is C23H23FN4O2. The molecule has 0 bridgehead atoms. The maximum atomic E-state index is 13.4. The Bertz CT molecular complexity index is 1010. The van der Waals surface area contributed by atoms with Gasteiger partial charge >= 0.3 is 6.03 Å². The number of benzene rings is 2. The number of nitrogens with zero attached hydrogens (tertiary/aromatic N) is 1. The third-order valence-electron chi connectivity index (χ3n) is 4.60. The molecule has 7 heteroatoms. The summed E-state index contributed by atoms with van der Waals surface area (Å²) in [6.45, 7) is 2.42. The summed E-state index contributed by atoms with van der Waals surface area (Å²) in [4.78, 5) is 28.4. The predicted molar refractivity (Wildman–Crippen MR) is 113 cm³/mol. The van der Waals surface area contributed by atoms with Crippen molar-refractivity contribution in [1.29, 1.82) is 0 Å². The lowest BCUT2D eigenvalue weighted by molar-refractivity contribution is -0.122. The van der Waals surface area contributed by atoms with Crippen molar-refractivity contribution in [3.63, 3.8) is 0 Å². The molecule has 0 spiro atoms. The predicted octanol–water partition coefficient (Wildman–Crippen LogP) is 3.96. The summed E-state index contributed by atoms with van der Waals surface area (Å²) in [5.74, 6) is -1.04. The molecule has 0 aliphatic heterocycles. The van der Waals surface area contributed by atoms with E-state index in [0.29, 0.717) is 24.3 Å². The summed E-state index contributed by atoms with van der Waals surface area (Å²) in [7, 11) is 0. The molecule has 3 amide bonds. The van der Waals surface area contributed by atoms with E-state index in [4.69, 9.17) is 0 Å². The first kappa shape index (κ1) is 21.0. The second kappa shape index (κ2) is 10.2. The van der Waals surface area contributed by atoms with Gasteiger partial charge in [-0.25, -0.2) is 9.18 Å². The molecule has 3 N–H and O–H groups in total. The topological polar surface area (TPSA) is 83.1 Å². The largest absolute Gasteiger partial charge is 0.352 e. The quantitative estimate of drug-likeness (QED) is 0.555. The van der Waals surface area contributed by atoms with E-state index in [-0.39, 0.29) is 17.8 Å². The van der Waals surface area contributed by atoms with Crippen LogP contribution < -0.4 is 16.0 Å². The first-order chi connectivity index (χ1) is 14.5. The summed E-state index contributed by atoms with van der Waals surface area (Å²) >= 11 is 0. The highest BCUT2D eigenvalue weighted by Crippen LogP contribution is 2.17. The van der Waals surface area contributed by atoms with Crippen molar-refractivity contribution in [3.8, 4) is 0 Å². The van der Waals surface area contributed by atoms with Crippen LogP contribution in [0.5, 0.6) is 0 Å². The van der Waals surface area contributed by atoms with E-state index in [1.807, 2.05) is 18.2 Å². The lowest BCUT2D eigenvalue weighted by Gasteiger charge is -2.13. The molecular weight excluding hydrogens is 383 g/mol. The van der Waals surface area contributed by atoms with Crippen LogP contribution in [0.25, 0.3) is 0 Å². The molecule has 3 rings (SSSR count). The summed E-state index contributed by atoms with van der Waals surface area (Å²) in [6, 6.07) is 16.6. The number of nitrogens with one attached hydrogen (secondary N) is 3. The molecule has 0 saturated carbocycles. The van der Waals surface area contributed by atoms with Crippen molar-refractivity contribution < 1.29 is 14.0 Å². The number of halogens is 1. The molecule has 1 unspecified atom stereocenters. The molecule has 0 fully saturated rings. The minimum Gasteiger partial charge on any atom is -0.352 e. The Labute approximate surface area is 174 Å². The van der Waals surface area contributed by atoms with Crippen molar-refractivity contribution in [3.05, 3.63) is 95.6 Å². The van der Waals surface area contributed by atoms with Gasteiger partial charge in [0.25, 0.3) is 0 Å². The highest BCUT2D eigenvalue weighted by atomic mass is 19.1. The number of urea groups is 1. The number of carbonyl (C=O) groups is 2. The van der Waals surface area contributed by atoms with Gasteiger partial charge in [0.1, 0.15) is 5.82 Å². The molecule has 2 aromatic carbocycles. The second-order valence-electron chi connectivity index (χ2n) is 6.86. The highest BCUT2D eigenvalue weighted by molar-refractivity contribution is 5.89. The summed E-state index contributed by atoms with van der Waals surface area (Å²) in [5, 5.41) is 8.40. The minimum absolute atomic E-state index is 0.200. The fourth-order valence-corrected chi connectivity index (χ4v) is 2.89. The van der Waals surface area contributed by atoms with E-state index < -0.39 is 5.92 Å². The van der Waals surface area contributed by atoms with E-state index in [9.17, 15) is 14.0 Å². The molecule has 1 atom stereocenters. The Hall–Kier alpha value is -3.74. The van der Waals surface area contributed by atoms with Gasteiger partial charge in [-0.3, -0.25) is 9.78 Å². The Morgan fingerprint density at radius 1 is 0.933 bits per heavy atom. The van der Waals surface area contributed by atoms with Gasteiger partial charge in [0, 0.05) is 31.2 Å². The standard InChI is InChI=1S/C23H23FN4O2/c1-16(19-5-3-6-20(24)13-19)22(29)26-15-18-4-2-7-21(12-18)28-23(30)27-14-17-8-10-25-11-9-17/h2-13,16H,14-15H2,1H3,(H,26,29)(H2,27,28,30). The normalized spacial score (nSPS) is 11.4. The third kappa shape index (κ3) is 6.13. The summed E-state index contributed by atoms with van der Waals surface area (Å²) in [6.07, 6.45) is 3.34. The maximum Gasteiger partial charge on any atom is 0.319 e. The highest BCUT2D eigenvalue weighted by Gasteiger charge is 2.15. The van der Waals surface area contributed by atoms with Crippen LogP contribution in [0, 0.1) is 5.82 Å². The van der Waals surface area contributed by atoms with Crippen molar-refractivity contribution in [1.82, 2.24) is 15.6 Å². The average molecular weight is 406 g/mol. The lowest BCUT2D eigenvalue weighted by atomic mass is 10.0. The average Bonchev–Trinajstić information content (AvgIpc) is 2.76. The third-order valence-corrected chi connectivity index (χ3v) is 4.60. The van der Waals surface area contributed by atoms with Crippen LogP contribution >= 0.6 is 0 Å². The van der Waals surface area contributed by atoms with E-state index >= 15 is 0 Å². The van der Waals surface area contributed by atoms with Crippen LogP contribution in [0.4, 0.5) is 14.9 Å². The van der Waals surface area contributed by atoms with Gasteiger partial charge < -0.3 is 16.0 Å². The first-order valence-electron chi connectivity index (χ1n) is 9.57. The molecule has 6 nitrogen and oxygen atoms in total. The number of aromatic nitrogens is 1. The molecule has 154 valence electrons. The number of rotatable bonds is 7. The summed E-state index contributed by atoms with van der Waals surface area (Å²) < 4.78 is 13.4.